The minimum Gasteiger partial charge on any atom is -0.496 e. The Hall–Kier alpha value is -2.50. The van der Waals surface area contributed by atoms with E-state index in [1.807, 2.05) is 30.9 Å². The Labute approximate surface area is 159 Å². The highest BCUT2D eigenvalue weighted by Gasteiger charge is 2.47. The molecule has 2 aliphatic rings. The number of para-hydroxylation sites is 1. The number of nitrogens with one attached hydrogen (secondary N) is 1. The molecule has 1 N–H and O–H groups in total. The van der Waals surface area contributed by atoms with E-state index in [1.54, 1.807) is 7.11 Å². The summed E-state index contributed by atoms with van der Waals surface area (Å²) in [7, 11) is 1.74. The van der Waals surface area contributed by atoms with Gasteiger partial charge in [-0.25, -0.2) is 4.79 Å². The molecule has 0 unspecified atom stereocenters. The fraction of sp³-hybridized carbons (Fsp3) is 0.524. The fourth-order valence-electron chi connectivity index (χ4n) is 4.51. The molecule has 0 radical (unpaired) electrons. The molecule has 2 heterocycles. The number of carbonyl (C=O) groups is 1. The quantitative estimate of drug-likeness (QED) is 0.865. The average Bonchev–Trinajstić information content (AvgIpc) is 2.98. The molecule has 1 aromatic carbocycles. The van der Waals surface area contributed by atoms with Crippen LogP contribution >= 0.6 is 0 Å². The Balaban J connectivity index is 1.32. The van der Waals surface area contributed by atoms with Gasteiger partial charge in [0.2, 0.25) is 5.88 Å². The van der Waals surface area contributed by atoms with Crippen LogP contribution in [0.4, 0.5) is 10.7 Å². The fourth-order valence-corrected chi connectivity index (χ4v) is 4.51. The molecular weight excluding hydrogens is 342 g/mol. The van der Waals surface area contributed by atoms with E-state index in [9.17, 15) is 4.79 Å². The third-order valence-corrected chi connectivity index (χ3v) is 6.43. The summed E-state index contributed by atoms with van der Waals surface area (Å²) in [5.74, 6) is 2.02. The molecule has 27 heavy (non-hydrogen) atoms. The van der Waals surface area contributed by atoms with Crippen LogP contribution < -0.4 is 10.1 Å². The molecule has 1 saturated carbocycles. The number of methoxy groups -OCH3 is 1. The number of ether oxygens (including phenoxy) is 1. The normalized spacial score (nSPS) is 19.0. The molecule has 2 amide bonds. The van der Waals surface area contributed by atoms with Gasteiger partial charge < -0.3 is 14.2 Å². The number of piperidine rings is 1. The van der Waals surface area contributed by atoms with Crippen LogP contribution in [0.1, 0.15) is 48.4 Å². The van der Waals surface area contributed by atoms with Gasteiger partial charge in [0.25, 0.3) is 0 Å². The van der Waals surface area contributed by atoms with Crippen molar-refractivity contribution in [1.82, 2.24) is 10.1 Å². The predicted molar refractivity (Wildman–Crippen MR) is 103 cm³/mol. The van der Waals surface area contributed by atoms with Crippen molar-refractivity contribution in [3.05, 3.63) is 41.1 Å². The van der Waals surface area contributed by atoms with E-state index in [0.717, 1.165) is 42.9 Å². The average molecular weight is 369 g/mol. The summed E-state index contributed by atoms with van der Waals surface area (Å²) in [6.45, 7) is 5.35. The van der Waals surface area contributed by atoms with Crippen molar-refractivity contribution in [3.63, 3.8) is 0 Å². The topological polar surface area (TPSA) is 67.6 Å². The number of aromatic nitrogens is 1. The van der Waals surface area contributed by atoms with E-state index < -0.39 is 0 Å². The molecule has 0 atom stereocenters. The van der Waals surface area contributed by atoms with Crippen LogP contribution in [0.25, 0.3) is 0 Å². The van der Waals surface area contributed by atoms with E-state index >= 15 is 0 Å². The second kappa shape index (κ2) is 6.91. The Bertz CT molecular complexity index is 829. The van der Waals surface area contributed by atoms with Crippen LogP contribution in [0, 0.1) is 19.3 Å². The van der Waals surface area contributed by atoms with Crippen LogP contribution in [-0.4, -0.2) is 36.3 Å². The van der Waals surface area contributed by atoms with Gasteiger partial charge in [-0.2, -0.15) is 0 Å². The molecule has 1 saturated heterocycles. The first-order valence-electron chi connectivity index (χ1n) is 9.63. The van der Waals surface area contributed by atoms with E-state index in [0.29, 0.717) is 17.2 Å². The van der Waals surface area contributed by atoms with Gasteiger partial charge in [-0.3, -0.25) is 5.32 Å². The summed E-state index contributed by atoms with van der Waals surface area (Å²) in [6.07, 6.45) is 4.48. The van der Waals surface area contributed by atoms with E-state index in [4.69, 9.17) is 9.26 Å². The number of amides is 2. The molecule has 4 rings (SSSR count). The van der Waals surface area contributed by atoms with Gasteiger partial charge in [0, 0.05) is 18.7 Å². The summed E-state index contributed by atoms with van der Waals surface area (Å²) in [5.41, 5.74) is 3.39. The van der Waals surface area contributed by atoms with Gasteiger partial charge in [0.1, 0.15) is 5.75 Å². The molecule has 144 valence electrons. The van der Waals surface area contributed by atoms with Gasteiger partial charge in [-0.05, 0) is 62.5 Å². The third-order valence-electron chi connectivity index (χ3n) is 6.43. The second-order valence-corrected chi connectivity index (χ2v) is 7.99. The summed E-state index contributed by atoms with van der Waals surface area (Å²) in [5, 5.41) is 6.75. The van der Waals surface area contributed by atoms with Gasteiger partial charge in [-0.15, -0.1) is 0 Å². The van der Waals surface area contributed by atoms with Gasteiger partial charge in [0.15, 0.2) is 0 Å². The van der Waals surface area contributed by atoms with Crippen molar-refractivity contribution < 1.29 is 14.1 Å². The molecule has 6 nitrogen and oxygen atoms in total. The molecular formula is C21H27N3O3. The minimum absolute atomic E-state index is 0.0929. The van der Waals surface area contributed by atoms with Gasteiger partial charge in [-0.1, -0.05) is 23.4 Å². The Morgan fingerprint density at radius 3 is 2.59 bits per heavy atom. The van der Waals surface area contributed by atoms with E-state index in [2.05, 4.69) is 22.6 Å². The Morgan fingerprint density at radius 1 is 1.26 bits per heavy atom. The Morgan fingerprint density at radius 2 is 1.96 bits per heavy atom. The van der Waals surface area contributed by atoms with Crippen LogP contribution in [0.3, 0.4) is 0 Å². The number of benzene rings is 1. The molecule has 1 aliphatic heterocycles. The van der Waals surface area contributed by atoms with Crippen molar-refractivity contribution in [2.75, 3.05) is 25.5 Å². The monoisotopic (exact) mass is 369 g/mol. The molecule has 0 bridgehead atoms. The number of anilines is 1. The Kier molecular flexibility index (Phi) is 4.58. The summed E-state index contributed by atoms with van der Waals surface area (Å²) in [4.78, 5) is 14.4. The first-order chi connectivity index (χ1) is 13.0. The number of aryl methyl sites for hydroxylation is 1. The lowest BCUT2D eigenvalue weighted by Gasteiger charge is -2.52. The summed E-state index contributed by atoms with van der Waals surface area (Å²) >= 11 is 0. The highest BCUT2D eigenvalue weighted by Crippen LogP contribution is 2.57. The molecule has 2 fully saturated rings. The highest BCUT2D eigenvalue weighted by molar-refractivity contribution is 5.88. The van der Waals surface area contributed by atoms with Crippen molar-refractivity contribution in [1.29, 1.82) is 0 Å². The lowest BCUT2D eigenvalue weighted by molar-refractivity contribution is 0.0283. The number of likely N-dealkylation sites (tertiary alicyclic amines) is 1. The van der Waals surface area contributed by atoms with Crippen LogP contribution in [0.15, 0.2) is 28.8 Å². The highest BCUT2D eigenvalue weighted by atomic mass is 16.5. The molecule has 2 aromatic rings. The smallest absolute Gasteiger partial charge is 0.324 e. The largest absolute Gasteiger partial charge is 0.496 e. The van der Waals surface area contributed by atoms with Gasteiger partial charge in [0.05, 0.1) is 12.8 Å². The number of carbonyl (C=O) groups excluding carboxylic acids is 1. The van der Waals surface area contributed by atoms with E-state index in [1.165, 1.54) is 18.4 Å². The standard InChI is InChI=1S/C21H27N3O3/c1-14-15(2)23-27-19(14)22-20(25)24-10-8-21(9-11-24)12-16(13-21)17-6-4-5-7-18(17)26-3/h4-7,16H,8-13H2,1-3H3,(H,22,25). The van der Waals surface area contributed by atoms with Crippen molar-refractivity contribution in [3.8, 4) is 5.75 Å². The zero-order chi connectivity index (χ0) is 19.0. The summed E-state index contributed by atoms with van der Waals surface area (Å²) in [6, 6.07) is 8.24. The number of rotatable bonds is 3. The molecule has 1 aromatic heterocycles. The molecule has 1 spiro atoms. The first-order valence-corrected chi connectivity index (χ1v) is 9.63. The third kappa shape index (κ3) is 3.29. The van der Waals surface area contributed by atoms with Crippen molar-refractivity contribution >= 4 is 11.9 Å². The maximum atomic E-state index is 12.5. The number of nitrogens with zero attached hydrogens (tertiary/aromatic N) is 2. The maximum Gasteiger partial charge on any atom is 0.324 e. The summed E-state index contributed by atoms with van der Waals surface area (Å²) < 4.78 is 10.7. The maximum absolute atomic E-state index is 12.5. The lowest BCUT2D eigenvalue weighted by atomic mass is 9.56. The number of hydrogen-bond donors (Lipinski definition) is 1. The number of urea groups is 1. The van der Waals surface area contributed by atoms with Crippen LogP contribution in [0.5, 0.6) is 5.75 Å². The van der Waals surface area contributed by atoms with E-state index in [-0.39, 0.29) is 6.03 Å². The van der Waals surface area contributed by atoms with Crippen LogP contribution in [0.2, 0.25) is 0 Å². The molecule has 1 aliphatic carbocycles. The predicted octanol–water partition coefficient (Wildman–Crippen LogP) is 4.49. The first kappa shape index (κ1) is 17.9. The van der Waals surface area contributed by atoms with Crippen molar-refractivity contribution in [2.24, 2.45) is 5.41 Å². The molecule has 6 heteroatoms. The zero-order valence-corrected chi connectivity index (χ0v) is 16.2. The second-order valence-electron chi connectivity index (χ2n) is 7.99. The zero-order valence-electron chi connectivity index (χ0n) is 16.2. The van der Waals surface area contributed by atoms with Crippen molar-refractivity contribution in [2.45, 2.75) is 45.4 Å². The minimum atomic E-state index is -0.0929. The van der Waals surface area contributed by atoms with Crippen LogP contribution in [-0.2, 0) is 0 Å². The SMILES string of the molecule is COc1ccccc1C1CC2(CCN(C(=O)Nc3onc(C)c3C)CC2)C1. The number of hydrogen-bond acceptors (Lipinski definition) is 4. The van der Waals surface area contributed by atoms with Gasteiger partial charge >= 0.3 is 6.03 Å². The lowest BCUT2D eigenvalue weighted by Crippen LogP contribution is -2.49.